The highest BCUT2D eigenvalue weighted by atomic mass is 32.2. The predicted octanol–water partition coefficient (Wildman–Crippen LogP) is -0.640. The number of hydrogen-bond acceptors (Lipinski definition) is 4. The SMILES string of the molecule is CS(=O)(=O)C1(O)C=CC=NC1. The monoisotopic (exact) mass is 175 g/mol. The molecule has 0 saturated heterocycles. The molecule has 1 atom stereocenters. The normalized spacial score (nSPS) is 30.7. The van der Waals surface area contributed by atoms with E-state index in [1.807, 2.05) is 0 Å². The third-order valence-corrected chi connectivity index (χ3v) is 3.06. The van der Waals surface area contributed by atoms with Gasteiger partial charge in [0, 0.05) is 12.5 Å². The van der Waals surface area contributed by atoms with E-state index in [0.29, 0.717) is 0 Å². The second-order valence-electron chi connectivity index (χ2n) is 2.47. The molecule has 1 N–H and O–H groups in total. The summed E-state index contributed by atoms with van der Waals surface area (Å²) in [6.07, 6.45) is 5.09. The molecule has 1 aliphatic heterocycles. The third-order valence-electron chi connectivity index (χ3n) is 1.51. The Bertz CT molecular complexity index is 304. The van der Waals surface area contributed by atoms with Gasteiger partial charge in [-0.05, 0) is 12.2 Å². The first-order valence-corrected chi connectivity index (χ1v) is 4.94. The molecule has 0 spiro atoms. The highest BCUT2D eigenvalue weighted by Crippen LogP contribution is 2.16. The first kappa shape index (κ1) is 8.42. The zero-order valence-corrected chi connectivity index (χ0v) is 6.87. The Morgan fingerprint density at radius 1 is 1.64 bits per heavy atom. The van der Waals surface area contributed by atoms with Crippen LogP contribution in [0.3, 0.4) is 0 Å². The Morgan fingerprint density at radius 2 is 2.27 bits per heavy atom. The van der Waals surface area contributed by atoms with Gasteiger partial charge in [0.05, 0.1) is 6.54 Å². The molecule has 0 amide bonds. The van der Waals surface area contributed by atoms with Crippen molar-refractivity contribution in [3.8, 4) is 0 Å². The van der Waals surface area contributed by atoms with Gasteiger partial charge in [0.25, 0.3) is 0 Å². The minimum absolute atomic E-state index is 0.109. The van der Waals surface area contributed by atoms with E-state index < -0.39 is 14.8 Å². The van der Waals surface area contributed by atoms with Crippen molar-refractivity contribution in [3.63, 3.8) is 0 Å². The van der Waals surface area contributed by atoms with Crippen molar-refractivity contribution >= 4 is 16.1 Å². The largest absolute Gasteiger partial charge is 0.370 e. The molecule has 0 aromatic rings. The van der Waals surface area contributed by atoms with Gasteiger partial charge < -0.3 is 5.11 Å². The van der Waals surface area contributed by atoms with Crippen LogP contribution in [0.15, 0.2) is 17.1 Å². The van der Waals surface area contributed by atoms with E-state index in [0.717, 1.165) is 6.26 Å². The number of sulfone groups is 1. The summed E-state index contributed by atoms with van der Waals surface area (Å²) in [4.78, 5) is 1.87. The van der Waals surface area contributed by atoms with Gasteiger partial charge in [-0.3, -0.25) is 4.99 Å². The zero-order valence-electron chi connectivity index (χ0n) is 6.06. The molecule has 1 rings (SSSR count). The summed E-state index contributed by atoms with van der Waals surface area (Å²) in [7, 11) is -3.47. The molecule has 11 heavy (non-hydrogen) atoms. The fraction of sp³-hybridized carbons (Fsp3) is 0.500. The minimum Gasteiger partial charge on any atom is -0.370 e. The number of aliphatic imine (C=N–C) groups is 1. The second kappa shape index (κ2) is 2.42. The van der Waals surface area contributed by atoms with Crippen molar-refractivity contribution in [1.29, 1.82) is 0 Å². The van der Waals surface area contributed by atoms with Crippen LogP contribution in [0.2, 0.25) is 0 Å². The van der Waals surface area contributed by atoms with Gasteiger partial charge in [-0.1, -0.05) is 0 Å². The van der Waals surface area contributed by atoms with Crippen LogP contribution in [0.4, 0.5) is 0 Å². The molecule has 1 unspecified atom stereocenters. The minimum atomic E-state index is -3.47. The molecule has 0 saturated carbocycles. The van der Waals surface area contributed by atoms with Crippen molar-refractivity contribution in [3.05, 3.63) is 12.2 Å². The van der Waals surface area contributed by atoms with Gasteiger partial charge >= 0.3 is 0 Å². The molecule has 0 radical (unpaired) electrons. The number of rotatable bonds is 1. The molecule has 0 aromatic carbocycles. The topological polar surface area (TPSA) is 66.7 Å². The van der Waals surface area contributed by atoms with Crippen molar-refractivity contribution in [2.45, 2.75) is 4.93 Å². The molecule has 5 heteroatoms. The summed E-state index contributed by atoms with van der Waals surface area (Å²) in [5.41, 5.74) is 0. The predicted molar refractivity (Wildman–Crippen MR) is 42.3 cm³/mol. The average Bonchev–Trinajstić information content (AvgIpc) is 1.87. The molecule has 0 fully saturated rings. The summed E-state index contributed by atoms with van der Waals surface area (Å²) in [6.45, 7) is -0.109. The fourth-order valence-electron chi connectivity index (χ4n) is 0.731. The summed E-state index contributed by atoms with van der Waals surface area (Å²) >= 11 is 0. The van der Waals surface area contributed by atoms with Crippen molar-refractivity contribution in [2.24, 2.45) is 4.99 Å². The second-order valence-corrected chi connectivity index (χ2v) is 4.72. The summed E-state index contributed by atoms with van der Waals surface area (Å²) in [6, 6.07) is 0. The van der Waals surface area contributed by atoms with Crippen LogP contribution in [0.5, 0.6) is 0 Å². The van der Waals surface area contributed by atoms with Gasteiger partial charge in [-0.25, -0.2) is 8.42 Å². The van der Waals surface area contributed by atoms with Crippen LogP contribution in [-0.4, -0.2) is 37.5 Å². The lowest BCUT2D eigenvalue weighted by atomic mass is 10.3. The Kier molecular flexibility index (Phi) is 1.85. The molecule has 0 aliphatic carbocycles. The number of hydrogen-bond donors (Lipinski definition) is 1. The van der Waals surface area contributed by atoms with Crippen LogP contribution in [0, 0.1) is 0 Å². The number of allylic oxidation sites excluding steroid dienone is 1. The Labute approximate surface area is 65.2 Å². The summed E-state index contributed by atoms with van der Waals surface area (Å²) < 4.78 is 21.9. The van der Waals surface area contributed by atoms with Gasteiger partial charge in [-0.2, -0.15) is 0 Å². The molecule has 0 aromatic heterocycles. The summed E-state index contributed by atoms with van der Waals surface area (Å²) in [5.74, 6) is 0. The van der Waals surface area contributed by atoms with E-state index in [9.17, 15) is 13.5 Å². The molecule has 62 valence electrons. The number of dihydropyridines is 1. The summed E-state index contributed by atoms with van der Waals surface area (Å²) in [5, 5.41) is 9.42. The maximum atomic E-state index is 10.9. The van der Waals surface area contributed by atoms with E-state index in [1.54, 1.807) is 0 Å². The van der Waals surface area contributed by atoms with E-state index in [-0.39, 0.29) is 6.54 Å². The van der Waals surface area contributed by atoms with E-state index in [4.69, 9.17) is 0 Å². The van der Waals surface area contributed by atoms with Crippen LogP contribution in [0.25, 0.3) is 0 Å². The zero-order chi connectivity index (χ0) is 8.54. The Hall–Kier alpha value is -0.680. The maximum Gasteiger partial charge on any atom is 0.204 e. The standard InChI is InChI=1S/C6H9NO3S/c1-11(9,10)6(8)3-2-4-7-5-6/h2-4,8H,5H2,1H3. The lowest BCUT2D eigenvalue weighted by Gasteiger charge is -2.21. The van der Waals surface area contributed by atoms with Crippen LogP contribution >= 0.6 is 0 Å². The lowest BCUT2D eigenvalue weighted by molar-refractivity contribution is 0.182. The molecule has 1 aliphatic rings. The molecule has 4 nitrogen and oxygen atoms in total. The Morgan fingerprint density at radius 3 is 2.55 bits per heavy atom. The van der Waals surface area contributed by atoms with Crippen molar-refractivity contribution in [2.75, 3.05) is 12.8 Å². The van der Waals surface area contributed by atoms with E-state index in [1.165, 1.54) is 18.4 Å². The van der Waals surface area contributed by atoms with Gasteiger partial charge in [0.2, 0.25) is 4.93 Å². The fourth-order valence-corrected chi connectivity index (χ4v) is 1.37. The van der Waals surface area contributed by atoms with Crippen LogP contribution in [0.1, 0.15) is 0 Å². The van der Waals surface area contributed by atoms with Gasteiger partial charge in [0.15, 0.2) is 9.84 Å². The quantitative estimate of drug-likeness (QED) is 0.576. The molecular weight excluding hydrogens is 166 g/mol. The van der Waals surface area contributed by atoms with E-state index >= 15 is 0 Å². The number of nitrogens with zero attached hydrogens (tertiary/aromatic N) is 1. The molecule has 0 bridgehead atoms. The lowest BCUT2D eigenvalue weighted by Crippen LogP contribution is -2.39. The first-order chi connectivity index (χ1) is 4.96. The third kappa shape index (κ3) is 1.49. The van der Waals surface area contributed by atoms with Crippen LogP contribution in [-0.2, 0) is 9.84 Å². The number of aliphatic hydroxyl groups is 1. The van der Waals surface area contributed by atoms with E-state index in [2.05, 4.69) is 4.99 Å². The first-order valence-electron chi connectivity index (χ1n) is 3.05. The smallest absolute Gasteiger partial charge is 0.204 e. The van der Waals surface area contributed by atoms with Crippen molar-refractivity contribution < 1.29 is 13.5 Å². The highest BCUT2D eigenvalue weighted by molar-refractivity contribution is 7.92. The average molecular weight is 175 g/mol. The Balaban J connectivity index is 3.04. The van der Waals surface area contributed by atoms with Gasteiger partial charge in [0.1, 0.15) is 0 Å². The maximum absolute atomic E-state index is 10.9. The van der Waals surface area contributed by atoms with Gasteiger partial charge in [-0.15, -0.1) is 0 Å². The molecular formula is C6H9NO3S. The van der Waals surface area contributed by atoms with Crippen LogP contribution < -0.4 is 0 Å². The highest BCUT2D eigenvalue weighted by Gasteiger charge is 2.36. The van der Waals surface area contributed by atoms with Crippen molar-refractivity contribution in [1.82, 2.24) is 0 Å². The molecule has 1 heterocycles.